The SMILES string of the molecule is CC1CCOC1C(N)c1sccc1Br. The molecule has 0 aliphatic carbocycles. The van der Waals surface area contributed by atoms with Gasteiger partial charge in [0.15, 0.2) is 0 Å². The third kappa shape index (κ3) is 1.89. The predicted molar refractivity (Wildman–Crippen MR) is 62.5 cm³/mol. The Labute approximate surface area is 96.6 Å². The summed E-state index contributed by atoms with van der Waals surface area (Å²) >= 11 is 5.20. The number of halogens is 1. The molecule has 2 N–H and O–H groups in total. The van der Waals surface area contributed by atoms with Crippen molar-refractivity contribution >= 4 is 27.3 Å². The first kappa shape index (κ1) is 10.6. The number of hydrogen-bond acceptors (Lipinski definition) is 3. The normalized spacial score (nSPS) is 29.4. The maximum Gasteiger partial charge on any atom is 0.0802 e. The van der Waals surface area contributed by atoms with Crippen LogP contribution >= 0.6 is 27.3 Å². The standard InChI is InChI=1S/C10H14BrNOS/c1-6-2-4-13-9(6)8(12)10-7(11)3-5-14-10/h3,5-6,8-9H,2,4,12H2,1H3. The monoisotopic (exact) mass is 275 g/mol. The van der Waals surface area contributed by atoms with Crippen molar-refractivity contribution < 1.29 is 4.74 Å². The quantitative estimate of drug-likeness (QED) is 0.901. The average molecular weight is 276 g/mol. The summed E-state index contributed by atoms with van der Waals surface area (Å²) < 4.78 is 6.78. The molecule has 1 aromatic rings. The minimum atomic E-state index is 0.0156. The summed E-state index contributed by atoms with van der Waals surface area (Å²) in [6, 6.07) is 2.06. The molecule has 0 bridgehead atoms. The minimum absolute atomic E-state index is 0.0156. The average Bonchev–Trinajstić information content (AvgIpc) is 2.73. The lowest BCUT2D eigenvalue weighted by Crippen LogP contribution is -2.29. The van der Waals surface area contributed by atoms with Crippen molar-refractivity contribution in [1.82, 2.24) is 0 Å². The Morgan fingerprint density at radius 1 is 1.71 bits per heavy atom. The second-order valence-corrected chi connectivity index (χ2v) is 5.56. The number of thiophene rings is 1. The lowest BCUT2D eigenvalue weighted by atomic mass is 9.97. The zero-order chi connectivity index (χ0) is 10.1. The molecule has 3 atom stereocenters. The zero-order valence-corrected chi connectivity index (χ0v) is 10.5. The Balaban J connectivity index is 2.15. The van der Waals surface area contributed by atoms with Gasteiger partial charge in [-0.15, -0.1) is 11.3 Å². The molecule has 14 heavy (non-hydrogen) atoms. The van der Waals surface area contributed by atoms with Gasteiger partial charge in [-0.2, -0.15) is 0 Å². The Hall–Kier alpha value is 0.100. The number of ether oxygens (including phenoxy) is 1. The molecular formula is C10H14BrNOS. The molecule has 0 saturated carbocycles. The summed E-state index contributed by atoms with van der Waals surface area (Å²) in [5.41, 5.74) is 6.19. The molecule has 78 valence electrons. The third-order valence-electron chi connectivity index (χ3n) is 2.75. The first-order valence-electron chi connectivity index (χ1n) is 4.80. The highest BCUT2D eigenvalue weighted by molar-refractivity contribution is 9.10. The number of nitrogens with two attached hydrogens (primary N) is 1. The van der Waals surface area contributed by atoms with Gasteiger partial charge in [-0.05, 0) is 39.7 Å². The second kappa shape index (κ2) is 4.31. The molecule has 0 aromatic carbocycles. The largest absolute Gasteiger partial charge is 0.376 e. The summed E-state index contributed by atoms with van der Waals surface area (Å²) in [6.07, 6.45) is 1.31. The van der Waals surface area contributed by atoms with Crippen LogP contribution in [0.2, 0.25) is 0 Å². The van der Waals surface area contributed by atoms with E-state index in [1.807, 2.05) is 6.07 Å². The van der Waals surface area contributed by atoms with Gasteiger partial charge in [0.1, 0.15) is 0 Å². The highest BCUT2D eigenvalue weighted by Gasteiger charge is 2.32. The zero-order valence-electron chi connectivity index (χ0n) is 8.07. The minimum Gasteiger partial charge on any atom is -0.376 e. The molecule has 1 aliphatic heterocycles. The molecule has 2 nitrogen and oxygen atoms in total. The van der Waals surface area contributed by atoms with Crippen molar-refractivity contribution in [2.24, 2.45) is 11.7 Å². The topological polar surface area (TPSA) is 35.2 Å². The van der Waals surface area contributed by atoms with Crippen LogP contribution in [-0.2, 0) is 4.74 Å². The maximum absolute atomic E-state index is 6.19. The van der Waals surface area contributed by atoms with Crippen molar-refractivity contribution in [3.8, 4) is 0 Å². The fraction of sp³-hybridized carbons (Fsp3) is 0.600. The van der Waals surface area contributed by atoms with Crippen molar-refractivity contribution in [1.29, 1.82) is 0 Å². The van der Waals surface area contributed by atoms with E-state index >= 15 is 0 Å². The van der Waals surface area contributed by atoms with Crippen LogP contribution in [0, 0.1) is 5.92 Å². The summed E-state index contributed by atoms with van der Waals surface area (Å²) in [5, 5.41) is 2.05. The van der Waals surface area contributed by atoms with Crippen LogP contribution in [0.5, 0.6) is 0 Å². The van der Waals surface area contributed by atoms with E-state index in [1.165, 1.54) is 4.88 Å². The fourth-order valence-corrected chi connectivity index (χ4v) is 3.54. The van der Waals surface area contributed by atoms with E-state index in [4.69, 9.17) is 10.5 Å². The van der Waals surface area contributed by atoms with Crippen LogP contribution in [-0.4, -0.2) is 12.7 Å². The van der Waals surface area contributed by atoms with Crippen LogP contribution in [0.3, 0.4) is 0 Å². The van der Waals surface area contributed by atoms with E-state index in [1.54, 1.807) is 11.3 Å². The maximum atomic E-state index is 6.19. The van der Waals surface area contributed by atoms with Gasteiger partial charge < -0.3 is 10.5 Å². The highest BCUT2D eigenvalue weighted by Crippen LogP contribution is 2.35. The van der Waals surface area contributed by atoms with E-state index in [2.05, 4.69) is 28.2 Å². The molecule has 0 amide bonds. The van der Waals surface area contributed by atoms with Gasteiger partial charge in [-0.1, -0.05) is 6.92 Å². The van der Waals surface area contributed by atoms with Gasteiger partial charge in [-0.3, -0.25) is 0 Å². The first-order chi connectivity index (χ1) is 6.70. The van der Waals surface area contributed by atoms with Crippen LogP contribution in [0.1, 0.15) is 24.3 Å². The van der Waals surface area contributed by atoms with Gasteiger partial charge >= 0.3 is 0 Å². The fourth-order valence-electron chi connectivity index (χ4n) is 1.87. The van der Waals surface area contributed by atoms with Crippen LogP contribution < -0.4 is 5.73 Å². The van der Waals surface area contributed by atoms with Crippen molar-refractivity contribution in [3.05, 3.63) is 20.8 Å². The van der Waals surface area contributed by atoms with Crippen molar-refractivity contribution in [2.45, 2.75) is 25.5 Å². The third-order valence-corrected chi connectivity index (χ3v) is 4.72. The first-order valence-corrected chi connectivity index (χ1v) is 6.47. The highest BCUT2D eigenvalue weighted by atomic mass is 79.9. The summed E-state index contributed by atoms with van der Waals surface area (Å²) in [7, 11) is 0. The van der Waals surface area contributed by atoms with Gasteiger partial charge in [0.2, 0.25) is 0 Å². The smallest absolute Gasteiger partial charge is 0.0802 e. The molecule has 4 heteroatoms. The van der Waals surface area contributed by atoms with E-state index in [0.717, 1.165) is 17.5 Å². The summed E-state index contributed by atoms with van der Waals surface area (Å²) in [4.78, 5) is 1.20. The lowest BCUT2D eigenvalue weighted by Gasteiger charge is -2.21. The van der Waals surface area contributed by atoms with Gasteiger partial charge in [0.05, 0.1) is 12.1 Å². The van der Waals surface area contributed by atoms with E-state index in [9.17, 15) is 0 Å². The van der Waals surface area contributed by atoms with Crippen molar-refractivity contribution in [3.63, 3.8) is 0 Å². The van der Waals surface area contributed by atoms with Crippen LogP contribution in [0.4, 0.5) is 0 Å². The molecule has 0 spiro atoms. The van der Waals surface area contributed by atoms with E-state index in [-0.39, 0.29) is 12.1 Å². The Kier molecular flexibility index (Phi) is 3.27. The molecule has 1 saturated heterocycles. The molecule has 3 unspecified atom stereocenters. The van der Waals surface area contributed by atoms with E-state index < -0.39 is 0 Å². The molecule has 2 heterocycles. The van der Waals surface area contributed by atoms with Gasteiger partial charge in [0, 0.05) is 16.0 Å². The predicted octanol–water partition coefficient (Wildman–Crippen LogP) is 2.94. The molecule has 1 fully saturated rings. The molecule has 1 aliphatic rings. The summed E-state index contributed by atoms with van der Waals surface area (Å²) in [5.74, 6) is 0.569. The second-order valence-electron chi connectivity index (χ2n) is 3.76. The Morgan fingerprint density at radius 3 is 3.00 bits per heavy atom. The Bertz CT molecular complexity index is 315. The molecule has 0 radical (unpaired) electrons. The van der Waals surface area contributed by atoms with E-state index in [0.29, 0.717) is 5.92 Å². The molecular weight excluding hydrogens is 262 g/mol. The molecule has 1 aromatic heterocycles. The van der Waals surface area contributed by atoms with Crippen LogP contribution in [0.25, 0.3) is 0 Å². The molecule has 2 rings (SSSR count). The lowest BCUT2D eigenvalue weighted by molar-refractivity contribution is 0.0732. The Morgan fingerprint density at radius 2 is 2.50 bits per heavy atom. The number of rotatable bonds is 2. The van der Waals surface area contributed by atoms with Gasteiger partial charge in [-0.25, -0.2) is 0 Å². The summed E-state index contributed by atoms with van der Waals surface area (Å²) in [6.45, 7) is 3.06. The van der Waals surface area contributed by atoms with Crippen LogP contribution in [0.15, 0.2) is 15.9 Å². The van der Waals surface area contributed by atoms with Gasteiger partial charge in [0.25, 0.3) is 0 Å². The number of hydrogen-bond donors (Lipinski definition) is 1. The van der Waals surface area contributed by atoms with Crippen molar-refractivity contribution in [2.75, 3.05) is 6.61 Å².